The largest absolute Gasteiger partial charge is 0.325 e. The van der Waals surface area contributed by atoms with Gasteiger partial charge < -0.3 is 10.6 Å². The van der Waals surface area contributed by atoms with Gasteiger partial charge in [0.15, 0.2) is 0 Å². The number of hydrogen-bond donors (Lipinski definition) is 2. The van der Waals surface area contributed by atoms with E-state index in [0.717, 1.165) is 31.6 Å². The molecule has 1 aliphatic heterocycles. The minimum atomic E-state index is 0.0741. The molecule has 1 heterocycles. The summed E-state index contributed by atoms with van der Waals surface area (Å²) >= 11 is 0. The Labute approximate surface area is 139 Å². The molecule has 4 heteroatoms. The third kappa shape index (κ3) is 4.12. The van der Waals surface area contributed by atoms with Crippen molar-refractivity contribution in [3.8, 4) is 0 Å². The summed E-state index contributed by atoms with van der Waals surface area (Å²) in [5.74, 6) is 0.0741. The smallest absolute Gasteiger partial charge is 0.238 e. The van der Waals surface area contributed by atoms with Gasteiger partial charge in [0.25, 0.3) is 0 Å². The van der Waals surface area contributed by atoms with Crippen LogP contribution in [-0.4, -0.2) is 43.0 Å². The number of nitrogens with one attached hydrogen (secondary N) is 2. The van der Waals surface area contributed by atoms with Crippen LogP contribution in [0, 0.1) is 0 Å². The van der Waals surface area contributed by atoms with E-state index in [0.29, 0.717) is 12.6 Å². The number of carbonyl (C=O) groups is 1. The Morgan fingerprint density at radius 3 is 3.00 bits per heavy atom. The van der Waals surface area contributed by atoms with E-state index in [1.165, 1.54) is 43.4 Å². The van der Waals surface area contributed by atoms with E-state index in [1.54, 1.807) is 0 Å². The highest BCUT2D eigenvalue weighted by Gasteiger charge is 2.22. The van der Waals surface area contributed by atoms with Gasteiger partial charge in [-0.1, -0.05) is 19.1 Å². The van der Waals surface area contributed by atoms with Gasteiger partial charge in [0.05, 0.1) is 6.54 Å². The minimum absolute atomic E-state index is 0.0741. The number of aryl methyl sites for hydroxylation is 1. The minimum Gasteiger partial charge on any atom is -0.325 e. The van der Waals surface area contributed by atoms with Crippen LogP contribution in [0.4, 0.5) is 5.69 Å². The highest BCUT2D eigenvalue weighted by Crippen LogP contribution is 2.27. The van der Waals surface area contributed by atoms with Crippen molar-refractivity contribution in [1.82, 2.24) is 10.2 Å². The van der Waals surface area contributed by atoms with Crippen LogP contribution in [-0.2, 0) is 17.6 Å². The number of rotatable bonds is 6. The van der Waals surface area contributed by atoms with Gasteiger partial charge >= 0.3 is 0 Å². The first-order valence-corrected chi connectivity index (χ1v) is 9.13. The zero-order chi connectivity index (χ0) is 16.1. The summed E-state index contributed by atoms with van der Waals surface area (Å²) in [6, 6.07) is 6.89. The Morgan fingerprint density at radius 1 is 1.26 bits per heavy atom. The summed E-state index contributed by atoms with van der Waals surface area (Å²) in [5, 5.41) is 6.44. The second-order valence-electron chi connectivity index (χ2n) is 6.75. The molecule has 1 aliphatic carbocycles. The van der Waals surface area contributed by atoms with Crippen LogP contribution in [0.2, 0.25) is 0 Å². The van der Waals surface area contributed by atoms with E-state index in [2.05, 4.69) is 34.6 Å². The fourth-order valence-corrected chi connectivity index (χ4v) is 3.99. The molecule has 1 aromatic carbocycles. The molecular weight excluding hydrogens is 286 g/mol. The molecule has 126 valence electrons. The van der Waals surface area contributed by atoms with Gasteiger partial charge in [-0.2, -0.15) is 0 Å². The summed E-state index contributed by atoms with van der Waals surface area (Å²) in [4.78, 5) is 14.7. The van der Waals surface area contributed by atoms with E-state index < -0.39 is 0 Å². The average Bonchev–Trinajstić information content (AvgIpc) is 3.03. The number of nitrogens with zero attached hydrogens (tertiary/aromatic N) is 1. The lowest BCUT2D eigenvalue weighted by Gasteiger charge is -2.23. The quantitative estimate of drug-likeness (QED) is 0.848. The Morgan fingerprint density at radius 2 is 2.13 bits per heavy atom. The molecule has 3 rings (SSSR count). The van der Waals surface area contributed by atoms with Gasteiger partial charge in [0, 0.05) is 18.3 Å². The molecule has 4 nitrogen and oxygen atoms in total. The molecule has 23 heavy (non-hydrogen) atoms. The first kappa shape index (κ1) is 16.5. The van der Waals surface area contributed by atoms with Crippen LogP contribution < -0.4 is 10.6 Å². The molecule has 0 radical (unpaired) electrons. The molecule has 2 aliphatic rings. The number of anilines is 1. The molecule has 1 atom stereocenters. The van der Waals surface area contributed by atoms with Gasteiger partial charge in [-0.25, -0.2) is 0 Å². The summed E-state index contributed by atoms with van der Waals surface area (Å²) in [6.07, 6.45) is 7.25. The molecule has 1 amide bonds. The van der Waals surface area contributed by atoms with E-state index >= 15 is 0 Å². The summed E-state index contributed by atoms with van der Waals surface area (Å²) in [5.41, 5.74) is 3.77. The van der Waals surface area contributed by atoms with Crippen molar-refractivity contribution in [1.29, 1.82) is 0 Å². The topological polar surface area (TPSA) is 44.4 Å². The van der Waals surface area contributed by atoms with E-state index in [9.17, 15) is 4.79 Å². The summed E-state index contributed by atoms with van der Waals surface area (Å²) in [7, 11) is 0. The predicted octanol–water partition coefficient (Wildman–Crippen LogP) is 2.58. The molecule has 0 bridgehead atoms. The van der Waals surface area contributed by atoms with Crippen molar-refractivity contribution in [3.63, 3.8) is 0 Å². The highest BCUT2D eigenvalue weighted by atomic mass is 16.1. The summed E-state index contributed by atoms with van der Waals surface area (Å²) in [6.45, 7) is 5.83. The van der Waals surface area contributed by atoms with Gasteiger partial charge in [0.2, 0.25) is 5.91 Å². The van der Waals surface area contributed by atoms with Gasteiger partial charge in [-0.15, -0.1) is 0 Å². The van der Waals surface area contributed by atoms with E-state index in [-0.39, 0.29) is 5.91 Å². The number of likely N-dealkylation sites (tertiary alicyclic amines) is 1. The van der Waals surface area contributed by atoms with Gasteiger partial charge in [0.1, 0.15) is 0 Å². The standard InChI is InChI=1S/C19H29N3O/c1-2-22-12-6-9-16(22)13-20-14-19(23)21-18-11-5-8-15-7-3-4-10-17(15)18/h5,8,11,16,20H,2-4,6-7,9-10,12-14H2,1H3,(H,21,23). The van der Waals surface area contributed by atoms with Crippen LogP contribution in [0.25, 0.3) is 0 Å². The lowest BCUT2D eigenvalue weighted by atomic mass is 9.90. The molecular formula is C19H29N3O. The van der Waals surface area contributed by atoms with Crippen LogP contribution in [0.1, 0.15) is 43.7 Å². The summed E-state index contributed by atoms with van der Waals surface area (Å²) < 4.78 is 0. The second kappa shape index (κ2) is 7.93. The fourth-order valence-electron chi connectivity index (χ4n) is 3.99. The van der Waals surface area contributed by atoms with E-state index in [4.69, 9.17) is 0 Å². The molecule has 1 unspecified atom stereocenters. The zero-order valence-electron chi connectivity index (χ0n) is 14.2. The van der Waals surface area contributed by atoms with Crippen molar-refractivity contribution in [2.24, 2.45) is 0 Å². The first-order chi connectivity index (χ1) is 11.3. The molecule has 0 aromatic heterocycles. The average molecular weight is 315 g/mol. The Balaban J connectivity index is 1.48. The molecule has 1 saturated heterocycles. The maximum Gasteiger partial charge on any atom is 0.238 e. The third-order valence-electron chi connectivity index (χ3n) is 5.24. The van der Waals surface area contributed by atoms with Crippen LogP contribution in [0.3, 0.4) is 0 Å². The van der Waals surface area contributed by atoms with E-state index in [1.807, 2.05) is 6.07 Å². The molecule has 2 N–H and O–H groups in total. The number of hydrogen-bond acceptors (Lipinski definition) is 3. The Kier molecular flexibility index (Phi) is 5.68. The maximum atomic E-state index is 12.2. The van der Waals surface area contributed by atoms with Crippen molar-refractivity contribution in [3.05, 3.63) is 29.3 Å². The third-order valence-corrected chi connectivity index (χ3v) is 5.24. The highest BCUT2D eigenvalue weighted by molar-refractivity contribution is 5.93. The van der Waals surface area contributed by atoms with Gasteiger partial charge in [-0.3, -0.25) is 9.69 Å². The number of benzene rings is 1. The van der Waals surface area contributed by atoms with Crippen molar-refractivity contribution in [2.45, 2.75) is 51.5 Å². The SMILES string of the molecule is CCN1CCCC1CNCC(=O)Nc1cccc2c1CCCC2. The Bertz CT molecular complexity index is 543. The Hall–Kier alpha value is -1.39. The molecule has 1 fully saturated rings. The van der Waals surface area contributed by atoms with Crippen molar-refractivity contribution >= 4 is 11.6 Å². The second-order valence-corrected chi connectivity index (χ2v) is 6.75. The number of fused-ring (bicyclic) bond motifs is 1. The molecule has 1 aromatic rings. The monoisotopic (exact) mass is 315 g/mol. The maximum absolute atomic E-state index is 12.2. The predicted molar refractivity (Wildman–Crippen MR) is 94.9 cm³/mol. The number of amides is 1. The van der Waals surface area contributed by atoms with Crippen molar-refractivity contribution < 1.29 is 4.79 Å². The first-order valence-electron chi connectivity index (χ1n) is 9.13. The van der Waals surface area contributed by atoms with Crippen LogP contribution in [0.15, 0.2) is 18.2 Å². The normalized spacial score (nSPS) is 21.2. The van der Waals surface area contributed by atoms with Gasteiger partial charge in [-0.05, 0) is 68.8 Å². The van der Waals surface area contributed by atoms with Crippen LogP contribution >= 0.6 is 0 Å². The zero-order valence-corrected chi connectivity index (χ0v) is 14.2. The molecule has 0 spiro atoms. The van der Waals surface area contributed by atoms with Crippen LogP contribution in [0.5, 0.6) is 0 Å². The number of carbonyl (C=O) groups excluding carboxylic acids is 1. The lowest BCUT2D eigenvalue weighted by Crippen LogP contribution is -2.40. The van der Waals surface area contributed by atoms with Crippen molar-refractivity contribution in [2.75, 3.05) is 31.5 Å². The lowest BCUT2D eigenvalue weighted by molar-refractivity contribution is -0.115. The number of likely N-dealkylation sites (N-methyl/N-ethyl adjacent to an activating group) is 1. The molecule has 0 saturated carbocycles. The fraction of sp³-hybridized carbons (Fsp3) is 0.632.